The molecule has 6 heteroatoms. The first-order valence-corrected chi connectivity index (χ1v) is 8.68. The molecule has 0 unspecified atom stereocenters. The summed E-state index contributed by atoms with van der Waals surface area (Å²) in [4.78, 5) is 21.0. The van der Waals surface area contributed by atoms with Crippen molar-refractivity contribution in [2.45, 2.75) is 19.3 Å². The van der Waals surface area contributed by atoms with Crippen LogP contribution >= 0.6 is 11.3 Å². The second kappa shape index (κ2) is 6.41. The lowest BCUT2D eigenvalue weighted by Crippen LogP contribution is -2.21. The fourth-order valence-electron chi connectivity index (χ4n) is 2.67. The molecule has 24 heavy (non-hydrogen) atoms. The zero-order chi connectivity index (χ0) is 16.4. The molecule has 2 aromatic carbocycles. The number of thiazole rings is 1. The minimum atomic E-state index is -0.0146. The molecule has 0 fully saturated rings. The number of carbonyl (C=O) groups is 1. The number of aromatic nitrogens is 3. The van der Waals surface area contributed by atoms with E-state index >= 15 is 0 Å². The molecule has 0 radical (unpaired) electrons. The highest BCUT2D eigenvalue weighted by molar-refractivity contribution is 7.18. The molecule has 0 aliphatic rings. The molecule has 0 aliphatic heterocycles. The van der Waals surface area contributed by atoms with Crippen LogP contribution in [0.4, 0.5) is 0 Å². The quantitative estimate of drug-likeness (QED) is 0.604. The second-order valence-electron chi connectivity index (χ2n) is 5.57. The number of imidazole rings is 1. The average molecular weight is 336 g/mol. The van der Waals surface area contributed by atoms with E-state index in [1.807, 2.05) is 42.5 Å². The first-order valence-electron chi connectivity index (χ1n) is 7.86. The first-order chi connectivity index (χ1) is 11.8. The Kier molecular flexibility index (Phi) is 3.96. The van der Waals surface area contributed by atoms with E-state index in [-0.39, 0.29) is 5.91 Å². The second-order valence-corrected chi connectivity index (χ2v) is 6.68. The fraction of sp³-hybridized carbons (Fsp3) is 0.167. The molecular formula is C18H16N4OS. The highest BCUT2D eigenvalue weighted by Crippen LogP contribution is 2.22. The van der Waals surface area contributed by atoms with Crippen LogP contribution in [0.5, 0.6) is 0 Å². The lowest BCUT2D eigenvalue weighted by molar-refractivity contribution is -0.117. The van der Waals surface area contributed by atoms with Crippen molar-refractivity contribution in [2.75, 3.05) is 5.43 Å². The number of amides is 1. The van der Waals surface area contributed by atoms with Gasteiger partial charge in [-0.25, -0.2) is 14.6 Å². The molecule has 0 atom stereocenters. The van der Waals surface area contributed by atoms with Gasteiger partial charge >= 0.3 is 0 Å². The third kappa shape index (κ3) is 3.00. The molecular weight excluding hydrogens is 320 g/mol. The van der Waals surface area contributed by atoms with Gasteiger partial charge in [-0.15, -0.1) is 11.3 Å². The highest BCUT2D eigenvalue weighted by atomic mass is 32.1. The van der Waals surface area contributed by atoms with E-state index in [1.165, 1.54) is 4.70 Å². The summed E-state index contributed by atoms with van der Waals surface area (Å²) in [6.07, 6.45) is 3.69. The number of hydrogen-bond acceptors (Lipinski definition) is 4. The number of nitrogens with zero attached hydrogens (tertiary/aromatic N) is 3. The zero-order valence-electron chi connectivity index (χ0n) is 13.0. The third-order valence-electron chi connectivity index (χ3n) is 3.83. The number of carbonyl (C=O) groups excluding carboxylic acids is 1. The van der Waals surface area contributed by atoms with Crippen LogP contribution in [0.3, 0.4) is 0 Å². The summed E-state index contributed by atoms with van der Waals surface area (Å²) in [6, 6.07) is 15.8. The van der Waals surface area contributed by atoms with Crippen molar-refractivity contribution in [1.29, 1.82) is 0 Å². The van der Waals surface area contributed by atoms with Crippen LogP contribution in [0.15, 0.2) is 54.9 Å². The van der Waals surface area contributed by atoms with Crippen LogP contribution in [-0.2, 0) is 11.2 Å². The predicted octanol–water partition coefficient (Wildman–Crippen LogP) is 3.74. The minimum Gasteiger partial charge on any atom is -0.273 e. The molecule has 0 saturated carbocycles. The van der Waals surface area contributed by atoms with E-state index < -0.39 is 0 Å². The van der Waals surface area contributed by atoms with Gasteiger partial charge in [0.2, 0.25) is 5.91 Å². The van der Waals surface area contributed by atoms with Crippen molar-refractivity contribution in [2.24, 2.45) is 0 Å². The fourth-order valence-corrected chi connectivity index (χ4v) is 3.67. The average Bonchev–Trinajstić information content (AvgIpc) is 3.19. The standard InChI is InChI=1S/C18H16N4OS/c23-17(21-22-12-19-13-6-1-3-8-15(13)22)10-5-11-18-20-14-7-2-4-9-16(14)24-18/h1-4,6-9,12H,5,10-11H2,(H,21,23). The summed E-state index contributed by atoms with van der Waals surface area (Å²) in [5.74, 6) is -0.0146. The van der Waals surface area contributed by atoms with E-state index in [0.29, 0.717) is 6.42 Å². The smallest absolute Gasteiger partial charge is 0.238 e. The minimum absolute atomic E-state index is 0.0146. The Morgan fingerprint density at radius 3 is 2.75 bits per heavy atom. The maximum absolute atomic E-state index is 12.1. The normalized spacial score (nSPS) is 11.2. The molecule has 1 amide bonds. The van der Waals surface area contributed by atoms with Crippen LogP contribution in [0.1, 0.15) is 17.8 Å². The summed E-state index contributed by atoms with van der Waals surface area (Å²) < 4.78 is 2.87. The Balaban J connectivity index is 1.35. The van der Waals surface area contributed by atoms with E-state index in [4.69, 9.17) is 0 Å². The van der Waals surface area contributed by atoms with Crippen molar-refractivity contribution in [1.82, 2.24) is 14.6 Å². The maximum atomic E-state index is 12.1. The van der Waals surface area contributed by atoms with E-state index in [1.54, 1.807) is 22.3 Å². The molecule has 0 saturated heterocycles. The van der Waals surface area contributed by atoms with Crippen LogP contribution < -0.4 is 5.43 Å². The van der Waals surface area contributed by atoms with Crippen molar-refractivity contribution >= 4 is 38.5 Å². The molecule has 0 bridgehead atoms. The third-order valence-corrected chi connectivity index (χ3v) is 4.93. The van der Waals surface area contributed by atoms with Gasteiger partial charge in [0, 0.05) is 6.42 Å². The highest BCUT2D eigenvalue weighted by Gasteiger charge is 2.08. The van der Waals surface area contributed by atoms with Gasteiger partial charge in [-0.2, -0.15) is 0 Å². The van der Waals surface area contributed by atoms with Crippen molar-refractivity contribution < 1.29 is 4.79 Å². The van der Waals surface area contributed by atoms with E-state index in [2.05, 4.69) is 21.5 Å². The number of nitrogens with one attached hydrogen (secondary N) is 1. The Morgan fingerprint density at radius 1 is 1.08 bits per heavy atom. The number of aryl methyl sites for hydroxylation is 1. The molecule has 0 spiro atoms. The summed E-state index contributed by atoms with van der Waals surface area (Å²) >= 11 is 1.70. The van der Waals surface area contributed by atoms with Crippen LogP contribution in [0.2, 0.25) is 0 Å². The van der Waals surface area contributed by atoms with Gasteiger partial charge in [-0.3, -0.25) is 10.2 Å². The molecule has 0 aliphatic carbocycles. The number of fused-ring (bicyclic) bond motifs is 2. The maximum Gasteiger partial charge on any atom is 0.238 e. The Morgan fingerprint density at radius 2 is 1.88 bits per heavy atom. The molecule has 4 aromatic rings. The Labute approximate surface area is 142 Å². The van der Waals surface area contributed by atoms with Crippen LogP contribution in [0.25, 0.3) is 21.3 Å². The summed E-state index contributed by atoms with van der Waals surface area (Å²) in [6.45, 7) is 0. The van der Waals surface area contributed by atoms with Crippen LogP contribution in [-0.4, -0.2) is 20.6 Å². The predicted molar refractivity (Wildman–Crippen MR) is 96.7 cm³/mol. The van der Waals surface area contributed by atoms with Gasteiger partial charge in [-0.05, 0) is 37.1 Å². The van der Waals surface area contributed by atoms with Crippen molar-refractivity contribution in [3.8, 4) is 0 Å². The molecule has 2 heterocycles. The molecule has 120 valence electrons. The molecule has 2 aromatic heterocycles. The summed E-state index contributed by atoms with van der Waals surface area (Å²) in [5, 5.41) is 1.08. The molecule has 1 N–H and O–H groups in total. The first kappa shape index (κ1) is 14.8. The van der Waals surface area contributed by atoms with Gasteiger partial charge < -0.3 is 0 Å². The number of benzene rings is 2. The van der Waals surface area contributed by atoms with Crippen molar-refractivity contribution in [3.63, 3.8) is 0 Å². The zero-order valence-corrected chi connectivity index (χ0v) is 13.8. The molecule has 5 nitrogen and oxygen atoms in total. The Hall–Kier alpha value is -2.73. The van der Waals surface area contributed by atoms with Gasteiger partial charge in [0.25, 0.3) is 0 Å². The van der Waals surface area contributed by atoms with Gasteiger partial charge in [0.1, 0.15) is 6.33 Å². The van der Waals surface area contributed by atoms with E-state index in [9.17, 15) is 4.79 Å². The monoisotopic (exact) mass is 336 g/mol. The number of hydrogen-bond donors (Lipinski definition) is 1. The number of para-hydroxylation sites is 3. The topological polar surface area (TPSA) is 59.8 Å². The summed E-state index contributed by atoms with van der Waals surface area (Å²) in [7, 11) is 0. The Bertz CT molecular complexity index is 971. The lowest BCUT2D eigenvalue weighted by Gasteiger charge is -2.06. The van der Waals surface area contributed by atoms with Gasteiger partial charge in [-0.1, -0.05) is 24.3 Å². The lowest BCUT2D eigenvalue weighted by atomic mass is 10.2. The SMILES string of the molecule is O=C(CCCc1nc2ccccc2s1)Nn1cnc2ccccc21. The number of rotatable bonds is 5. The van der Waals surface area contributed by atoms with Crippen molar-refractivity contribution in [3.05, 3.63) is 59.9 Å². The van der Waals surface area contributed by atoms with Crippen LogP contribution in [0, 0.1) is 0 Å². The summed E-state index contributed by atoms with van der Waals surface area (Å²) in [5.41, 5.74) is 5.68. The van der Waals surface area contributed by atoms with Gasteiger partial charge in [0.05, 0.1) is 26.3 Å². The van der Waals surface area contributed by atoms with E-state index in [0.717, 1.165) is 34.4 Å². The molecule has 4 rings (SSSR count). The van der Waals surface area contributed by atoms with Gasteiger partial charge in [0.15, 0.2) is 0 Å². The largest absolute Gasteiger partial charge is 0.273 e.